The van der Waals surface area contributed by atoms with Crippen LogP contribution in [0.15, 0.2) is 212 Å². The molecule has 0 saturated heterocycles. The molecule has 2 heteroatoms. The lowest BCUT2D eigenvalue weighted by Gasteiger charge is -2.45. The number of hydrogen-bond acceptors (Lipinski definition) is 2. The molecule has 0 fully saturated rings. The Morgan fingerprint density at radius 3 is 1.65 bits per heavy atom. The fourth-order valence-electron chi connectivity index (χ4n) is 9.82. The predicted molar refractivity (Wildman–Crippen MR) is 236 cm³/mol. The Morgan fingerprint density at radius 2 is 0.895 bits per heavy atom. The molecule has 12 rings (SSSR count). The molecule has 10 aromatic rings. The molecule has 1 aliphatic carbocycles. The topological polar surface area (TPSA) is 12.5 Å². The van der Waals surface area contributed by atoms with Gasteiger partial charge in [-0.25, -0.2) is 0 Å². The van der Waals surface area contributed by atoms with Gasteiger partial charge in [0.25, 0.3) is 0 Å². The first-order chi connectivity index (χ1) is 28.3. The monoisotopic (exact) mass is 725 g/mol. The summed E-state index contributed by atoms with van der Waals surface area (Å²) in [5, 5.41) is 7.35. The van der Waals surface area contributed by atoms with E-state index in [-0.39, 0.29) is 0 Å². The maximum Gasteiger partial charge on any atom is 0.132 e. The quantitative estimate of drug-likeness (QED) is 0.179. The lowest BCUT2D eigenvalue weighted by atomic mass is 9.58. The Bertz CT molecular complexity index is 3180. The van der Waals surface area contributed by atoms with Gasteiger partial charge in [-0.15, -0.1) is 0 Å². The van der Waals surface area contributed by atoms with E-state index in [0.29, 0.717) is 0 Å². The second-order valence-corrected chi connectivity index (χ2v) is 15.2. The van der Waals surface area contributed by atoms with E-state index in [2.05, 4.69) is 217 Å². The maximum atomic E-state index is 6.76. The lowest BCUT2D eigenvalue weighted by molar-refractivity contribution is 0.435. The van der Waals surface area contributed by atoms with E-state index in [1.807, 2.05) is 0 Å². The van der Waals surface area contributed by atoms with E-state index in [9.17, 15) is 0 Å². The van der Waals surface area contributed by atoms with Crippen LogP contribution in [0.1, 0.15) is 22.3 Å². The van der Waals surface area contributed by atoms with E-state index in [1.54, 1.807) is 0 Å². The second kappa shape index (κ2) is 12.3. The average molecular weight is 726 g/mol. The number of para-hydroxylation sites is 2. The third kappa shape index (κ3) is 4.65. The van der Waals surface area contributed by atoms with Crippen molar-refractivity contribution in [3.63, 3.8) is 0 Å². The van der Waals surface area contributed by atoms with Gasteiger partial charge in [0.1, 0.15) is 11.5 Å². The molecule has 0 atom stereocenters. The van der Waals surface area contributed by atoms with Crippen LogP contribution in [0.3, 0.4) is 0 Å². The molecule has 0 amide bonds. The van der Waals surface area contributed by atoms with Crippen LogP contribution in [0.25, 0.3) is 54.6 Å². The molecule has 1 aliphatic heterocycles. The number of nitrogens with zero attached hydrogens (tertiary/aromatic N) is 1. The first-order valence-corrected chi connectivity index (χ1v) is 19.7. The molecule has 10 aromatic carbocycles. The number of fused-ring (bicyclic) bond motifs is 10. The number of rotatable bonds is 4. The van der Waals surface area contributed by atoms with Crippen LogP contribution in [-0.2, 0) is 5.41 Å². The van der Waals surface area contributed by atoms with Crippen molar-refractivity contribution in [2.45, 2.75) is 5.41 Å². The summed E-state index contributed by atoms with van der Waals surface area (Å²) in [6, 6.07) is 77.8. The summed E-state index contributed by atoms with van der Waals surface area (Å²) in [7, 11) is 0. The molecule has 57 heavy (non-hydrogen) atoms. The van der Waals surface area contributed by atoms with E-state index in [1.165, 1.54) is 65.7 Å². The van der Waals surface area contributed by atoms with Crippen LogP contribution in [0.4, 0.5) is 17.1 Å². The van der Waals surface area contributed by atoms with Crippen LogP contribution in [0.2, 0.25) is 0 Å². The summed E-state index contributed by atoms with van der Waals surface area (Å²) in [6.45, 7) is 0. The molecule has 0 aromatic heterocycles. The maximum absolute atomic E-state index is 6.76. The summed E-state index contributed by atoms with van der Waals surface area (Å²) in [4.78, 5) is 2.48. The SMILES string of the molecule is c1ccc(-c2cc3ccccc3cc2N(c2ccc3c(c2)C2(c4ccccc4Oc4ccccc42)c2cccc4cccc-3c24)c2ccc3ccccc3c2)cc1. The molecule has 0 radical (unpaired) electrons. The number of hydrogen-bond donors (Lipinski definition) is 0. The van der Waals surface area contributed by atoms with Crippen molar-refractivity contribution in [2.24, 2.45) is 0 Å². The van der Waals surface area contributed by atoms with E-state index in [0.717, 1.165) is 39.7 Å². The predicted octanol–water partition coefficient (Wildman–Crippen LogP) is 14.8. The first kappa shape index (κ1) is 31.9. The Labute approximate surface area is 331 Å². The minimum atomic E-state index is -0.647. The first-order valence-electron chi connectivity index (χ1n) is 19.7. The summed E-state index contributed by atoms with van der Waals surface area (Å²) in [5.74, 6) is 1.77. The average Bonchev–Trinajstić information content (AvgIpc) is 3.28. The van der Waals surface area contributed by atoms with Gasteiger partial charge in [0.05, 0.1) is 11.1 Å². The van der Waals surface area contributed by atoms with Gasteiger partial charge < -0.3 is 9.64 Å². The zero-order chi connectivity index (χ0) is 37.5. The molecule has 2 nitrogen and oxygen atoms in total. The molecule has 266 valence electrons. The zero-order valence-electron chi connectivity index (χ0n) is 31.1. The minimum absolute atomic E-state index is 0.647. The molecule has 0 bridgehead atoms. The van der Waals surface area contributed by atoms with Crippen LogP contribution in [0.5, 0.6) is 11.5 Å². The van der Waals surface area contributed by atoms with Crippen molar-refractivity contribution in [3.05, 3.63) is 235 Å². The molecular formula is C55H35NO. The normalized spacial score (nSPS) is 13.2. The van der Waals surface area contributed by atoms with E-state index >= 15 is 0 Å². The standard InChI is InChI=1S/C55H35NO/c1-2-15-37(16-3-1)46-33-40-18-6-7-19-41(40)34-51(46)56(42-29-28-36-14-4-5-17-39(36)32-42)43-30-31-44-45-22-12-20-38-21-13-25-49(54(38)45)55(50(44)35-43)47-23-8-10-26-52(47)57-53-27-11-9-24-48(53)55/h1-35H. The highest BCUT2D eigenvalue weighted by atomic mass is 16.5. The van der Waals surface area contributed by atoms with E-state index < -0.39 is 5.41 Å². The third-order valence-corrected chi connectivity index (χ3v) is 12.2. The molecule has 0 unspecified atom stereocenters. The Morgan fingerprint density at radius 1 is 0.333 bits per heavy atom. The van der Waals surface area contributed by atoms with Crippen LogP contribution in [0, 0.1) is 0 Å². The van der Waals surface area contributed by atoms with E-state index in [4.69, 9.17) is 4.74 Å². The van der Waals surface area contributed by atoms with Crippen molar-refractivity contribution >= 4 is 49.4 Å². The van der Waals surface area contributed by atoms with Gasteiger partial charge in [-0.2, -0.15) is 0 Å². The van der Waals surface area contributed by atoms with Gasteiger partial charge in [-0.1, -0.05) is 164 Å². The minimum Gasteiger partial charge on any atom is -0.457 e. The van der Waals surface area contributed by atoms with Gasteiger partial charge in [-0.05, 0) is 109 Å². The van der Waals surface area contributed by atoms with Gasteiger partial charge in [0.2, 0.25) is 0 Å². The second-order valence-electron chi connectivity index (χ2n) is 15.2. The largest absolute Gasteiger partial charge is 0.457 e. The van der Waals surface area contributed by atoms with Crippen molar-refractivity contribution in [2.75, 3.05) is 4.90 Å². The third-order valence-electron chi connectivity index (χ3n) is 12.2. The van der Waals surface area contributed by atoms with Gasteiger partial charge in [0, 0.05) is 28.1 Å². The Balaban J connectivity index is 1.22. The summed E-state index contributed by atoms with van der Waals surface area (Å²) < 4.78 is 6.76. The number of ether oxygens (including phenoxy) is 1. The molecule has 1 heterocycles. The fourth-order valence-corrected chi connectivity index (χ4v) is 9.82. The highest BCUT2D eigenvalue weighted by Crippen LogP contribution is 2.62. The summed E-state index contributed by atoms with van der Waals surface area (Å²) in [5.41, 5.74) is 12.3. The van der Waals surface area contributed by atoms with Gasteiger partial charge >= 0.3 is 0 Å². The van der Waals surface area contributed by atoms with Crippen LogP contribution in [-0.4, -0.2) is 0 Å². The molecular weight excluding hydrogens is 691 g/mol. The molecule has 1 spiro atoms. The highest BCUT2D eigenvalue weighted by molar-refractivity contribution is 6.06. The zero-order valence-corrected chi connectivity index (χ0v) is 31.1. The smallest absolute Gasteiger partial charge is 0.132 e. The summed E-state index contributed by atoms with van der Waals surface area (Å²) >= 11 is 0. The fraction of sp³-hybridized carbons (Fsp3) is 0.0182. The van der Waals surface area contributed by atoms with Crippen molar-refractivity contribution < 1.29 is 4.74 Å². The number of benzene rings is 10. The Kier molecular flexibility index (Phi) is 6.88. The highest BCUT2D eigenvalue weighted by Gasteiger charge is 2.49. The van der Waals surface area contributed by atoms with Gasteiger partial charge in [0.15, 0.2) is 0 Å². The van der Waals surface area contributed by atoms with Gasteiger partial charge in [-0.3, -0.25) is 0 Å². The number of anilines is 3. The lowest BCUT2D eigenvalue weighted by Crippen LogP contribution is -2.36. The van der Waals surface area contributed by atoms with Crippen molar-refractivity contribution in [1.82, 2.24) is 0 Å². The van der Waals surface area contributed by atoms with Crippen molar-refractivity contribution in [1.29, 1.82) is 0 Å². The molecule has 2 aliphatic rings. The summed E-state index contributed by atoms with van der Waals surface area (Å²) in [6.07, 6.45) is 0. The van der Waals surface area contributed by atoms with Crippen LogP contribution >= 0.6 is 0 Å². The van der Waals surface area contributed by atoms with Crippen LogP contribution < -0.4 is 9.64 Å². The Hall–Kier alpha value is -7.42. The molecule has 0 saturated carbocycles. The molecule has 0 N–H and O–H groups in total. The van der Waals surface area contributed by atoms with Crippen molar-refractivity contribution in [3.8, 4) is 33.8 Å².